The van der Waals surface area contributed by atoms with Gasteiger partial charge < -0.3 is 5.32 Å². The molecule has 2 aromatic rings. The van der Waals surface area contributed by atoms with Crippen LogP contribution in [-0.2, 0) is 11.0 Å². The van der Waals surface area contributed by atoms with Gasteiger partial charge in [0.2, 0.25) is 5.91 Å². The number of anilines is 1. The summed E-state index contributed by atoms with van der Waals surface area (Å²) in [6.45, 7) is 3.59. The number of hydrogen-bond acceptors (Lipinski definition) is 3. The van der Waals surface area contributed by atoms with Gasteiger partial charge in [0.15, 0.2) is 0 Å². The SMILES string of the molecule is CC(C)C[C@@H](C(=O)Nc1ccccc1C(F)(F)F)N1C(=O)c2ccccc2C1=O. The molecule has 152 valence electrons. The molecule has 0 bridgehead atoms. The van der Waals surface area contributed by atoms with Crippen molar-refractivity contribution >= 4 is 23.4 Å². The zero-order valence-corrected chi connectivity index (χ0v) is 15.8. The smallest absolute Gasteiger partial charge is 0.324 e. The third-order valence-corrected chi connectivity index (χ3v) is 4.62. The molecule has 0 saturated carbocycles. The summed E-state index contributed by atoms with van der Waals surface area (Å²) in [5.74, 6) is -2.19. The van der Waals surface area contributed by atoms with Gasteiger partial charge in [-0.05, 0) is 36.6 Å². The third-order valence-electron chi connectivity index (χ3n) is 4.62. The third kappa shape index (κ3) is 4.01. The van der Waals surface area contributed by atoms with Crippen molar-refractivity contribution in [3.8, 4) is 0 Å². The van der Waals surface area contributed by atoms with Crippen molar-refractivity contribution < 1.29 is 27.6 Å². The normalized spacial score (nSPS) is 14.9. The highest BCUT2D eigenvalue weighted by Gasteiger charge is 2.43. The average Bonchev–Trinajstić information content (AvgIpc) is 2.90. The average molecular weight is 404 g/mol. The topological polar surface area (TPSA) is 66.5 Å². The minimum atomic E-state index is -4.66. The standard InChI is InChI=1S/C21H19F3N2O3/c1-12(2)11-17(26-19(28)13-7-3-4-8-14(13)20(26)29)18(27)25-16-10-6-5-9-15(16)21(22,23)24/h3-10,12,17H,11H2,1-2H3,(H,25,27)/t17-/m0/s1. The molecule has 5 nitrogen and oxygen atoms in total. The Morgan fingerprint density at radius 3 is 2.00 bits per heavy atom. The molecule has 0 saturated heterocycles. The van der Waals surface area contributed by atoms with E-state index in [4.69, 9.17) is 0 Å². The van der Waals surface area contributed by atoms with E-state index < -0.39 is 41.2 Å². The highest BCUT2D eigenvalue weighted by atomic mass is 19.4. The first-order valence-electron chi connectivity index (χ1n) is 9.05. The summed E-state index contributed by atoms with van der Waals surface area (Å²) in [5.41, 5.74) is -1.07. The van der Waals surface area contributed by atoms with Crippen molar-refractivity contribution in [3.63, 3.8) is 0 Å². The number of nitrogens with one attached hydrogen (secondary N) is 1. The van der Waals surface area contributed by atoms with Gasteiger partial charge in [0.1, 0.15) is 6.04 Å². The highest BCUT2D eigenvalue weighted by molar-refractivity contribution is 6.23. The quantitative estimate of drug-likeness (QED) is 0.754. The number of nitrogens with zero attached hydrogens (tertiary/aromatic N) is 1. The lowest BCUT2D eigenvalue weighted by atomic mass is 10.0. The summed E-state index contributed by atoms with van der Waals surface area (Å²) in [6, 6.07) is 9.51. The maximum absolute atomic E-state index is 13.2. The van der Waals surface area contributed by atoms with Crippen molar-refractivity contribution in [3.05, 3.63) is 65.2 Å². The molecule has 1 aliphatic rings. The number of para-hydroxylation sites is 1. The number of benzene rings is 2. The van der Waals surface area contributed by atoms with E-state index in [0.717, 1.165) is 17.0 Å². The Bertz CT molecular complexity index is 935. The molecule has 1 aliphatic heterocycles. The molecule has 2 aromatic carbocycles. The number of carbonyl (C=O) groups excluding carboxylic acids is 3. The van der Waals surface area contributed by atoms with Crippen LogP contribution in [0.25, 0.3) is 0 Å². The van der Waals surface area contributed by atoms with E-state index in [1.807, 2.05) is 0 Å². The van der Waals surface area contributed by atoms with Crippen molar-refractivity contribution in [1.82, 2.24) is 4.90 Å². The predicted molar refractivity (Wildman–Crippen MR) is 100 cm³/mol. The first kappa shape index (κ1) is 20.6. The van der Waals surface area contributed by atoms with Crippen LogP contribution in [-0.4, -0.2) is 28.7 Å². The molecule has 1 atom stereocenters. The molecule has 0 spiro atoms. The number of alkyl halides is 3. The Morgan fingerprint density at radius 2 is 1.48 bits per heavy atom. The van der Waals surface area contributed by atoms with Crippen LogP contribution in [0, 0.1) is 5.92 Å². The molecule has 29 heavy (non-hydrogen) atoms. The van der Waals surface area contributed by atoms with Crippen molar-refractivity contribution in [2.45, 2.75) is 32.5 Å². The van der Waals surface area contributed by atoms with Gasteiger partial charge in [0.05, 0.1) is 22.4 Å². The summed E-state index contributed by atoms with van der Waals surface area (Å²) in [6.07, 6.45) is -4.54. The molecule has 0 fully saturated rings. The summed E-state index contributed by atoms with van der Waals surface area (Å²) < 4.78 is 39.7. The number of fused-ring (bicyclic) bond motifs is 1. The van der Waals surface area contributed by atoms with Crippen LogP contribution in [0.15, 0.2) is 48.5 Å². The van der Waals surface area contributed by atoms with E-state index in [2.05, 4.69) is 5.32 Å². The van der Waals surface area contributed by atoms with Crippen LogP contribution < -0.4 is 5.32 Å². The molecule has 3 amide bonds. The molecule has 0 unspecified atom stereocenters. The molecule has 1 N–H and O–H groups in total. The fourth-order valence-corrected chi connectivity index (χ4v) is 3.32. The monoisotopic (exact) mass is 404 g/mol. The number of imide groups is 1. The number of amides is 3. The van der Waals surface area contributed by atoms with Gasteiger partial charge in [-0.25, -0.2) is 0 Å². The van der Waals surface area contributed by atoms with Crippen LogP contribution in [0.4, 0.5) is 18.9 Å². The summed E-state index contributed by atoms with van der Waals surface area (Å²) in [4.78, 5) is 39.3. The second-order valence-corrected chi connectivity index (χ2v) is 7.20. The van der Waals surface area contributed by atoms with Gasteiger partial charge in [-0.2, -0.15) is 13.2 Å². The van der Waals surface area contributed by atoms with E-state index >= 15 is 0 Å². The van der Waals surface area contributed by atoms with Crippen molar-refractivity contribution in [1.29, 1.82) is 0 Å². The Kier molecular flexibility index (Phi) is 5.46. The minimum absolute atomic E-state index is 0.0899. The number of rotatable bonds is 5. The molecular formula is C21H19F3N2O3. The Balaban J connectivity index is 1.94. The molecule has 8 heteroatoms. The van der Waals surface area contributed by atoms with Crippen LogP contribution in [0.3, 0.4) is 0 Å². The maximum Gasteiger partial charge on any atom is 0.418 e. The summed E-state index contributed by atoms with van der Waals surface area (Å²) >= 11 is 0. The van der Waals surface area contributed by atoms with E-state index in [1.54, 1.807) is 26.0 Å². The van der Waals surface area contributed by atoms with E-state index in [9.17, 15) is 27.6 Å². The predicted octanol–water partition coefficient (Wildman–Crippen LogP) is 4.35. The van der Waals surface area contributed by atoms with Crippen LogP contribution >= 0.6 is 0 Å². The van der Waals surface area contributed by atoms with Gasteiger partial charge in [0.25, 0.3) is 11.8 Å². The van der Waals surface area contributed by atoms with E-state index in [1.165, 1.54) is 24.3 Å². The molecular weight excluding hydrogens is 385 g/mol. The lowest BCUT2D eigenvalue weighted by molar-refractivity contribution is -0.137. The second kappa shape index (κ2) is 7.69. The minimum Gasteiger partial charge on any atom is -0.324 e. The van der Waals surface area contributed by atoms with Gasteiger partial charge >= 0.3 is 6.18 Å². The molecule has 0 radical (unpaired) electrons. The van der Waals surface area contributed by atoms with Crippen molar-refractivity contribution in [2.24, 2.45) is 5.92 Å². The van der Waals surface area contributed by atoms with Gasteiger partial charge in [-0.3, -0.25) is 19.3 Å². The second-order valence-electron chi connectivity index (χ2n) is 7.20. The van der Waals surface area contributed by atoms with Crippen LogP contribution in [0.5, 0.6) is 0 Å². The Morgan fingerprint density at radius 1 is 0.966 bits per heavy atom. The molecule has 0 aliphatic carbocycles. The van der Waals surface area contributed by atoms with E-state index in [0.29, 0.717) is 0 Å². The lowest BCUT2D eigenvalue weighted by Crippen LogP contribution is -2.48. The maximum atomic E-state index is 13.2. The first-order valence-corrected chi connectivity index (χ1v) is 9.05. The Labute approximate surface area is 165 Å². The molecule has 1 heterocycles. The number of hydrogen-bond donors (Lipinski definition) is 1. The van der Waals surface area contributed by atoms with Crippen LogP contribution in [0.1, 0.15) is 46.5 Å². The fourth-order valence-electron chi connectivity index (χ4n) is 3.32. The lowest BCUT2D eigenvalue weighted by Gasteiger charge is -2.27. The number of halogens is 3. The Hall–Kier alpha value is -3.16. The van der Waals surface area contributed by atoms with Gasteiger partial charge in [-0.1, -0.05) is 38.1 Å². The van der Waals surface area contributed by atoms with Gasteiger partial charge in [-0.15, -0.1) is 0 Å². The summed E-state index contributed by atoms with van der Waals surface area (Å²) in [7, 11) is 0. The molecule has 0 aromatic heterocycles. The van der Waals surface area contributed by atoms with Gasteiger partial charge in [0, 0.05) is 0 Å². The largest absolute Gasteiger partial charge is 0.418 e. The summed E-state index contributed by atoms with van der Waals surface area (Å²) in [5, 5.41) is 2.26. The molecule has 3 rings (SSSR count). The fraction of sp³-hybridized carbons (Fsp3) is 0.286. The van der Waals surface area contributed by atoms with Crippen LogP contribution in [0.2, 0.25) is 0 Å². The number of carbonyl (C=O) groups is 3. The van der Waals surface area contributed by atoms with E-state index in [-0.39, 0.29) is 23.5 Å². The zero-order valence-electron chi connectivity index (χ0n) is 15.8. The first-order chi connectivity index (χ1) is 13.6. The van der Waals surface area contributed by atoms with Crippen molar-refractivity contribution in [2.75, 3.05) is 5.32 Å². The zero-order chi connectivity index (χ0) is 21.3. The highest BCUT2D eigenvalue weighted by Crippen LogP contribution is 2.35.